The molecule has 0 bridgehead atoms. The van der Waals surface area contributed by atoms with Gasteiger partial charge in [-0.05, 0) is 63.4 Å². The van der Waals surface area contributed by atoms with E-state index >= 15 is 0 Å². The number of hydrogen-bond donors (Lipinski definition) is 3. The largest absolute Gasteiger partial charge is 0.484 e. The van der Waals surface area contributed by atoms with Crippen LogP contribution >= 0.6 is 35.0 Å². The van der Waals surface area contributed by atoms with Gasteiger partial charge in [0.1, 0.15) is 5.75 Å². The summed E-state index contributed by atoms with van der Waals surface area (Å²) < 4.78 is 6.99. The number of carboxylic acids is 1. The summed E-state index contributed by atoms with van der Waals surface area (Å²) in [6.45, 7) is 6.24. The van der Waals surface area contributed by atoms with E-state index < -0.39 is 5.97 Å². The molecule has 0 aliphatic carbocycles. The minimum atomic E-state index is -1.02. The highest BCUT2D eigenvalue weighted by molar-refractivity contribution is 7.99. The average Bonchev–Trinajstić information content (AvgIpc) is 3.43. The number of carbonyl (C=O) groups excluding carboxylic acids is 2. The number of benzene rings is 3. The van der Waals surface area contributed by atoms with Crippen LogP contribution in [0.4, 0.5) is 5.69 Å². The zero-order chi connectivity index (χ0) is 31.1. The summed E-state index contributed by atoms with van der Waals surface area (Å²) in [4.78, 5) is 35.8. The predicted octanol–water partition coefficient (Wildman–Crippen LogP) is 5.39. The van der Waals surface area contributed by atoms with Crippen LogP contribution in [0, 0.1) is 0 Å². The molecule has 43 heavy (non-hydrogen) atoms. The van der Waals surface area contributed by atoms with Crippen molar-refractivity contribution < 1.29 is 24.2 Å². The van der Waals surface area contributed by atoms with E-state index in [2.05, 4.69) is 46.9 Å². The molecule has 2 amide bonds. The first kappa shape index (κ1) is 31.8. The Morgan fingerprint density at radius 3 is 2.37 bits per heavy atom. The van der Waals surface area contributed by atoms with Crippen molar-refractivity contribution in [2.45, 2.75) is 37.9 Å². The number of nitrogens with one attached hydrogen (secondary N) is 2. The molecule has 0 radical (unpaired) electrons. The van der Waals surface area contributed by atoms with Crippen molar-refractivity contribution in [2.24, 2.45) is 0 Å². The molecule has 4 rings (SSSR count). The third kappa shape index (κ3) is 8.69. The third-order valence-corrected chi connectivity index (χ3v) is 7.63. The lowest BCUT2D eigenvalue weighted by Crippen LogP contribution is -2.28. The van der Waals surface area contributed by atoms with Gasteiger partial charge in [0.05, 0.1) is 32.7 Å². The van der Waals surface area contributed by atoms with Crippen molar-refractivity contribution in [3.63, 3.8) is 0 Å². The zero-order valence-electron chi connectivity index (χ0n) is 23.4. The highest BCUT2D eigenvalue weighted by Gasteiger charge is 2.19. The van der Waals surface area contributed by atoms with Crippen LogP contribution in [-0.2, 0) is 21.5 Å². The minimum absolute atomic E-state index is 0.00581. The van der Waals surface area contributed by atoms with Crippen molar-refractivity contribution >= 4 is 58.4 Å². The van der Waals surface area contributed by atoms with E-state index in [0.29, 0.717) is 27.3 Å². The molecule has 0 atom stereocenters. The summed E-state index contributed by atoms with van der Waals surface area (Å²) in [5.74, 6) is -1.38. The van der Waals surface area contributed by atoms with Crippen LogP contribution in [-0.4, -0.2) is 55.5 Å². The van der Waals surface area contributed by atoms with Gasteiger partial charge in [0.25, 0.3) is 5.91 Å². The number of anilines is 1. The van der Waals surface area contributed by atoms with Crippen LogP contribution in [0.25, 0.3) is 5.69 Å². The molecule has 224 valence electrons. The first-order valence-corrected chi connectivity index (χ1v) is 14.7. The van der Waals surface area contributed by atoms with Gasteiger partial charge in [-0.3, -0.25) is 9.59 Å². The Hall–Kier alpha value is -4.13. The number of halogens is 2. The Bertz CT molecular complexity index is 1640. The molecule has 1 aromatic heterocycles. The van der Waals surface area contributed by atoms with Crippen LogP contribution in [0.1, 0.15) is 42.3 Å². The second-order valence-corrected chi connectivity index (χ2v) is 12.1. The van der Waals surface area contributed by atoms with E-state index in [0.717, 1.165) is 22.9 Å². The predicted molar refractivity (Wildman–Crippen MR) is 164 cm³/mol. The van der Waals surface area contributed by atoms with E-state index in [4.69, 9.17) is 33.0 Å². The monoisotopic (exact) mass is 642 g/mol. The number of carbonyl (C=O) groups is 3. The number of nitrogens with zero attached hydrogens (tertiary/aromatic N) is 4. The number of tetrazole rings is 1. The maximum absolute atomic E-state index is 12.7. The van der Waals surface area contributed by atoms with Crippen LogP contribution in [0.2, 0.25) is 10.0 Å². The fourth-order valence-corrected chi connectivity index (χ4v) is 4.90. The number of rotatable bonds is 11. The number of carboxylic acid groups (broad SMARTS) is 1. The molecule has 0 aliphatic heterocycles. The minimum Gasteiger partial charge on any atom is -0.484 e. The van der Waals surface area contributed by atoms with Gasteiger partial charge in [-0.1, -0.05) is 73.9 Å². The first-order valence-electron chi connectivity index (χ1n) is 12.9. The molecule has 4 aromatic rings. The highest BCUT2D eigenvalue weighted by atomic mass is 35.5. The molecule has 3 N–H and O–H groups in total. The van der Waals surface area contributed by atoms with Crippen LogP contribution in [0.15, 0.2) is 65.8 Å². The SMILES string of the molecule is CC(C)(C)c1ccc(-n2nnnc2SCC(=O)Nc2ccc(OCC(=O)NCc3ccc(C(=O)O)cc3)cc2Cl)c(Cl)c1. The second-order valence-electron chi connectivity index (χ2n) is 10.3. The fraction of sp³-hybridized carbons (Fsp3) is 0.241. The summed E-state index contributed by atoms with van der Waals surface area (Å²) in [6, 6.07) is 16.5. The summed E-state index contributed by atoms with van der Waals surface area (Å²) in [5.41, 5.74) is 2.88. The summed E-state index contributed by atoms with van der Waals surface area (Å²) in [5, 5.41) is 27.3. The van der Waals surface area contributed by atoms with E-state index in [1.165, 1.54) is 22.9 Å². The molecule has 0 spiro atoms. The van der Waals surface area contributed by atoms with Crippen molar-refractivity contribution in [3.8, 4) is 11.4 Å². The van der Waals surface area contributed by atoms with E-state index in [1.807, 2.05) is 18.2 Å². The maximum atomic E-state index is 12.7. The summed E-state index contributed by atoms with van der Waals surface area (Å²) >= 11 is 14.0. The number of hydrogen-bond acceptors (Lipinski definition) is 8. The number of ether oxygens (including phenoxy) is 1. The number of aromatic nitrogens is 4. The Morgan fingerprint density at radius 2 is 1.72 bits per heavy atom. The van der Waals surface area contributed by atoms with Crippen LogP contribution in [0.3, 0.4) is 0 Å². The topological polar surface area (TPSA) is 148 Å². The molecule has 0 unspecified atom stereocenters. The van der Waals surface area contributed by atoms with E-state index in [-0.39, 0.29) is 46.7 Å². The Morgan fingerprint density at radius 1 is 0.977 bits per heavy atom. The van der Waals surface area contributed by atoms with Crippen molar-refractivity contribution in [1.82, 2.24) is 25.5 Å². The normalized spacial score (nSPS) is 11.2. The van der Waals surface area contributed by atoms with Gasteiger partial charge in [-0.2, -0.15) is 4.68 Å². The lowest BCUT2D eigenvalue weighted by Gasteiger charge is -2.20. The number of thioether (sulfide) groups is 1. The van der Waals surface area contributed by atoms with E-state index in [1.54, 1.807) is 24.3 Å². The second kappa shape index (κ2) is 13.9. The molecule has 0 aliphatic rings. The first-order chi connectivity index (χ1) is 20.4. The lowest BCUT2D eigenvalue weighted by molar-refractivity contribution is -0.123. The van der Waals surface area contributed by atoms with Gasteiger partial charge in [-0.15, -0.1) is 5.10 Å². The third-order valence-electron chi connectivity index (χ3n) is 6.09. The molecular weight excluding hydrogens is 615 g/mol. The fourth-order valence-electron chi connectivity index (χ4n) is 3.73. The molecule has 0 saturated carbocycles. The molecule has 14 heteroatoms. The van der Waals surface area contributed by atoms with Gasteiger partial charge in [0.2, 0.25) is 11.1 Å². The van der Waals surface area contributed by atoms with Gasteiger partial charge in [-0.25, -0.2) is 4.79 Å². The standard InChI is InChI=1S/C29H28Cl2N6O5S/c1-29(2,3)19-8-11-24(22(31)12-19)37-28(34-35-36-37)43-16-26(39)33-23-10-9-20(13-21(23)30)42-15-25(38)32-14-17-4-6-18(7-5-17)27(40)41/h4-13H,14-16H2,1-3H3,(H,32,38)(H,33,39)(H,40,41). The Labute approximate surface area is 261 Å². The van der Waals surface area contributed by atoms with Crippen LogP contribution < -0.4 is 15.4 Å². The maximum Gasteiger partial charge on any atom is 0.335 e. The Balaban J connectivity index is 1.26. The molecule has 0 saturated heterocycles. The van der Waals surface area contributed by atoms with Gasteiger partial charge >= 0.3 is 5.97 Å². The van der Waals surface area contributed by atoms with Gasteiger partial charge in [0, 0.05) is 12.6 Å². The molecule has 11 nitrogen and oxygen atoms in total. The average molecular weight is 644 g/mol. The van der Waals surface area contributed by atoms with Crippen molar-refractivity contribution in [3.05, 3.63) is 87.4 Å². The van der Waals surface area contributed by atoms with Gasteiger partial charge < -0.3 is 20.5 Å². The summed E-state index contributed by atoms with van der Waals surface area (Å²) in [6.07, 6.45) is 0. The Kier molecular flexibility index (Phi) is 10.3. The van der Waals surface area contributed by atoms with Crippen molar-refractivity contribution in [2.75, 3.05) is 17.7 Å². The highest BCUT2D eigenvalue weighted by Crippen LogP contribution is 2.31. The van der Waals surface area contributed by atoms with Gasteiger partial charge in [0.15, 0.2) is 6.61 Å². The molecular formula is C29H28Cl2N6O5S. The quantitative estimate of drug-likeness (QED) is 0.183. The molecule has 1 heterocycles. The number of aromatic carboxylic acids is 1. The van der Waals surface area contributed by atoms with E-state index in [9.17, 15) is 14.4 Å². The van der Waals surface area contributed by atoms with Crippen molar-refractivity contribution in [1.29, 1.82) is 0 Å². The lowest BCUT2D eigenvalue weighted by atomic mass is 9.87. The zero-order valence-corrected chi connectivity index (χ0v) is 25.8. The molecule has 3 aromatic carbocycles. The number of amides is 2. The smallest absolute Gasteiger partial charge is 0.335 e. The summed E-state index contributed by atoms with van der Waals surface area (Å²) in [7, 11) is 0. The molecule has 0 fully saturated rings. The van der Waals surface area contributed by atoms with Crippen LogP contribution in [0.5, 0.6) is 5.75 Å².